The van der Waals surface area contributed by atoms with Gasteiger partial charge in [0.1, 0.15) is 0 Å². The van der Waals surface area contributed by atoms with Crippen LogP contribution in [0.5, 0.6) is 0 Å². The van der Waals surface area contributed by atoms with Crippen molar-refractivity contribution in [3.63, 3.8) is 0 Å². The molecule has 0 amide bonds. The molecule has 0 rings (SSSR count). The van der Waals surface area contributed by atoms with Crippen molar-refractivity contribution >= 4 is 5.97 Å². The molecule has 1 atom stereocenters. The van der Waals surface area contributed by atoms with Gasteiger partial charge in [0.2, 0.25) is 0 Å². The molecule has 0 fully saturated rings. The number of hydrogen-bond donors (Lipinski definition) is 2. The van der Waals surface area contributed by atoms with Crippen molar-refractivity contribution < 1.29 is 49.7 Å². The van der Waals surface area contributed by atoms with E-state index in [9.17, 15) is 9.90 Å². The summed E-state index contributed by atoms with van der Waals surface area (Å²) in [5.41, 5.74) is 0. The largest absolute Gasteiger partial charge is 1.00 e. The third kappa shape index (κ3) is 6.27. The number of carboxylic acid groups (broad SMARTS) is 1. The topological polar surface area (TPSA) is 80.6 Å². The normalized spacial score (nSPS) is 11.8. The van der Waals surface area contributed by atoms with Crippen molar-refractivity contribution in [3.8, 4) is 0 Å². The van der Waals surface area contributed by atoms with E-state index in [0.29, 0.717) is 0 Å². The summed E-state index contributed by atoms with van der Waals surface area (Å²) in [5.74, 6) is -1.54. The van der Waals surface area contributed by atoms with Crippen molar-refractivity contribution in [3.05, 3.63) is 0 Å². The first-order chi connectivity index (χ1) is 3.68. The Morgan fingerprint density at radius 1 is 1.67 bits per heavy atom. The zero-order valence-electron chi connectivity index (χ0n) is 5.20. The second kappa shape index (κ2) is 6.51. The predicted molar refractivity (Wildman–Crippen MR) is 22.7 cm³/mol. The minimum atomic E-state index is -1.54. The van der Waals surface area contributed by atoms with Crippen LogP contribution in [0.25, 0.3) is 0 Å². The SMILES string of the molecule is O=C([O-])[C@@H](O)CCO.[Na+]. The van der Waals surface area contributed by atoms with Gasteiger partial charge in [-0.1, -0.05) is 0 Å². The molecule has 9 heavy (non-hydrogen) atoms. The fraction of sp³-hybridized carbons (Fsp3) is 0.750. The number of carbonyl (C=O) groups excluding carboxylic acids is 1. The molecular weight excluding hydrogens is 135 g/mol. The summed E-state index contributed by atoms with van der Waals surface area (Å²) in [4.78, 5) is 9.62. The molecule has 0 aromatic heterocycles. The summed E-state index contributed by atoms with van der Waals surface area (Å²) in [6.45, 7) is -0.338. The standard InChI is InChI=1S/C4H8O4.Na/c5-2-1-3(6)4(7)8;/h3,5-6H,1-2H2,(H,7,8);/q;+1/p-1/t3-;/m0./s1. The maximum atomic E-state index is 9.62. The first-order valence-electron chi connectivity index (χ1n) is 2.18. The monoisotopic (exact) mass is 142 g/mol. The first kappa shape index (κ1) is 12.1. The number of aliphatic hydroxyl groups is 2. The van der Waals surface area contributed by atoms with Gasteiger partial charge in [0.05, 0.1) is 12.1 Å². The van der Waals surface area contributed by atoms with E-state index in [1.165, 1.54) is 0 Å². The van der Waals surface area contributed by atoms with E-state index in [4.69, 9.17) is 10.2 Å². The molecule has 0 aliphatic rings. The van der Waals surface area contributed by atoms with Gasteiger partial charge in [0, 0.05) is 13.0 Å². The Bertz CT molecular complexity index is 84.6. The molecule has 0 aliphatic heterocycles. The predicted octanol–water partition coefficient (Wildman–Crippen LogP) is -5.52. The minimum absolute atomic E-state index is 0. The van der Waals surface area contributed by atoms with Crippen LogP contribution in [0.2, 0.25) is 0 Å². The molecule has 0 saturated heterocycles. The van der Waals surface area contributed by atoms with E-state index >= 15 is 0 Å². The Kier molecular flexibility index (Phi) is 8.75. The molecule has 48 valence electrons. The average molecular weight is 142 g/mol. The van der Waals surface area contributed by atoms with Crippen molar-refractivity contribution in [1.29, 1.82) is 0 Å². The minimum Gasteiger partial charge on any atom is -0.547 e. The average Bonchev–Trinajstić information content (AvgIpc) is 1.67. The molecule has 0 bridgehead atoms. The van der Waals surface area contributed by atoms with Crippen molar-refractivity contribution in [2.24, 2.45) is 0 Å². The fourth-order valence-corrected chi connectivity index (χ4v) is 0.240. The van der Waals surface area contributed by atoms with E-state index in [1.807, 2.05) is 0 Å². The summed E-state index contributed by atoms with van der Waals surface area (Å²) in [6.07, 6.45) is -1.69. The zero-order valence-corrected chi connectivity index (χ0v) is 7.20. The number of carboxylic acids is 1. The second-order valence-electron chi connectivity index (χ2n) is 1.35. The quantitative estimate of drug-likeness (QED) is 0.385. The van der Waals surface area contributed by atoms with Gasteiger partial charge in [-0.15, -0.1) is 0 Å². The van der Waals surface area contributed by atoms with Gasteiger partial charge >= 0.3 is 29.6 Å². The van der Waals surface area contributed by atoms with Crippen LogP contribution in [0.15, 0.2) is 0 Å². The van der Waals surface area contributed by atoms with Crippen LogP contribution in [-0.2, 0) is 4.79 Å². The zero-order chi connectivity index (χ0) is 6.57. The van der Waals surface area contributed by atoms with Gasteiger partial charge in [-0.05, 0) is 0 Å². The molecule has 0 unspecified atom stereocenters. The van der Waals surface area contributed by atoms with Gasteiger partial charge in [-0.25, -0.2) is 0 Å². The van der Waals surface area contributed by atoms with E-state index in [2.05, 4.69) is 0 Å². The number of aliphatic hydroxyl groups excluding tert-OH is 2. The number of rotatable bonds is 3. The maximum absolute atomic E-state index is 9.62. The summed E-state index contributed by atoms with van der Waals surface area (Å²) >= 11 is 0. The Labute approximate surface area is 74.8 Å². The molecule has 5 heteroatoms. The summed E-state index contributed by atoms with van der Waals surface area (Å²) in [6, 6.07) is 0. The van der Waals surface area contributed by atoms with Crippen LogP contribution >= 0.6 is 0 Å². The molecular formula is C4H7NaO4. The molecule has 0 heterocycles. The molecule has 0 radical (unpaired) electrons. The summed E-state index contributed by atoms with van der Waals surface area (Å²) < 4.78 is 0. The van der Waals surface area contributed by atoms with E-state index in [-0.39, 0.29) is 42.6 Å². The second-order valence-corrected chi connectivity index (χ2v) is 1.35. The van der Waals surface area contributed by atoms with E-state index in [1.54, 1.807) is 0 Å². The Morgan fingerprint density at radius 2 is 2.11 bits per heavy atom. The Hall–Kier alpha value is 0.390. The third-order valence-corrected chi connectivity index (χ3v) is 0.675. The molecule has 4 nitrogen and oxygen atoms in total. The number of carbonyl (C=O) groups is 1. The Morgan fingerprint density at radius 3 is 2.22 bits per heavy atom. The van der Waals surface area contributed by atoms with Crippen LogP contribution in [0.1, 0.15) is 6.42 Å². The van der Waals surface area contributed by atoms with Gasteiger partial charge in [-0.2, -0.15) is 0 Å². The van der Waals surface area contributed by atoms with E-state index < -0.39 is 12.1 Å². The fourth-order valence-electron chi connectivity index (χ4n) is 0.240. The van der Waals surface area contributed by atoms with Crippen LogP contribution in [0.4, 0.5) is 0 Å². The van der Waals surface area contributed by atoms with E-state index in [0.717, 1.165) is 0 Å². The smallest absolute Gasteiger partial charge is 0.547 e. The van der Waals surface area contributed by atoms with Crippen molar-refractivity contribution in [1.82, 2.24) is 0 Å². The molecule has 0 saturated carbocycles. The van der Waals surface area contributed by atoms with Crippen LogP contribution < -0.4 is 34.7 Å². The molecule has 0 spiro atoms. The number of hydrogen-bond acceptors (Lipinski definition) is 4. The number of aliphatic carboxylic acids is 1. The van der Waals surface area contributed by atoms with Gasteiger partial charge in [-0.3, -0.25) is 0 Å². The van der Waals surface area contributed by atoms with Crippen molar-refractivity contribution in [2.75, 3.05) is 6.61 Å². The van der Waals surface area contributed by atoms with Gasteiger partial charge < -0.3 is 20.1 Å². The molecule has 2 N–H and O–H groups in total. The molecule has 0 aromatic carbocycles. The Balaban J connectivity index is 0. The summed E-state index contributed by atoms with van der Waals surface area (Å²) in [5, 5.41) is 26.0. The van der Waals surface area contributed by atoms with Crippen LogP contribution in [-0.4, -0.2) is 28.9 Å². The van der Waals surface area contributed by atoms with Crippen LogP contribution in [0, 0.1) is 0 Å². The van der Waals surface area contributed by atoms with Gasteiger partial charge in [0.25, 0.3) is 0 Å². The van der Waals surface area contributed by atoms with Crippen molar-refractivity contribution in [2.45, 2.75) is 12.5 Å². The van der Waals surface area contributed by atoms with Gasteiger partial charge in [0.15, 0.2) is 0 Å². The summed E-state index contributed by atoms with van der Waals surface area (Å²) in [7, 11) is 0. The van der Waals surface area contributed by atoms with Crippen LogP contribution in [0.3, 0.4) is 0 Å². The molecule has 0 aromatic rings. The first-order valence-corrected chi connectivity index (χ1v) is 2.18. The maximum Gasteiger partial charge on any atom is 1.00 e. The molecule has 0 aliphatic carbocycles. The third-order valence-electron chi connectivity index (χ3n) is 0.675.